The fraction of sp³-hybridized carbons (Fsp3) is 0.583. The van der Waals surface area contributed by atoms with Crippen molar-refractivity contribution in [3.05, 3.63) is 19.2 Å². The monoisotopic (exact) mass is 413 g/mol. The van der Waals surface area contributed by atoms with Crippen LogP contribution in [-0.4, -0.2) is 17.8 Å². The van der Waals surface area contributed by atoms with E-state index in [1.807, 2.05) is 6.07 Å². The van der Waals surface area contributed by atoms with E-state index < -0.39 is 0 Å². The van der Waals surface area contributed by atoms with Gasteiger partial charge in [-0.15, -0.1) is 22.9 Å². The highest BCUT2D eigenvalue weighted by molar-refractivity contribution is 9.13. The number of thiophene rings is 1. The normalized spacial score (nSPS) is 23.9. The molecule has 2 nitrogen and oxygen atoms in total. The molecule has 1 fully saturated rings. The Kier molecular flexibility index (Phi) is 5.54. The number of alkyl halides is 1. The third-order valence-corrected chi connectivity index (χ3v) is 6.90. The number of rotatable bonds is 3. The Bertz CT molecular complexity index is 418. The number of carbonyl (C=O) groups is 1. The summed E-state index contributed by atoms with van der Waals surface area (Å²) in [6.07, 6.45) is 4.40. The quantitative estimate of drug-likeness (QED) is 0.706. The predicted molar refractivity (Wildman–Crippen MR) is 83.7 cm³/mol. The summed E-state index contributed by atoms with van der Waals surface area (Å²) in [5.74, 6) is 1.27. The fourth-order valence-electron chi connectivity index (χ4n) is 2.28. The maximum absolute atomic E-state index is 12.1. The topological polar surface area (TPSA) is 29.1 Å². The molecule has 1 aromatic rings. The summed E-state index contributed by atoms with van der Waals surface area (Å²) in [6, 6.07) is 2.13. The van der Waals surface area contributed by atoms with E-state index in [2.05, 4.69) is 37.2 Å². The molecule has 1 aliphatic carbocycles. The van der Waals surface area contributed by atoms with Gasteiger partial charge in [0.05, 0.1) is 8.66 Å². The van der Waals surface area contributed by atoms with E-state index in [0.29, 0.717) is 11.8 Å². The van der Waals surface area contributed by atoms with Gasteiger partial charge in [0.1, 0.15) is 0 Å². The highest BCUT2D eigenvalue weighted by atomic mass is 79.9. The van der Waals surface area contributed by atoms with Crippen molar-refractivity contribution >= 4 is 60.7 Å². The lowest BCUT2D eigenvalue weighted by molar-refractivity contribution is 0.0925. The van der Waals surface area contributed by atoms with Gasteiger partial charge in [-0.1, -0.05) is 6.42 Å². The molecule has 0 radical (unpaired) electrons. The van der Waals surface area contributed by atoms with Crippen LogP contribution in [0.5, 0.6) is 0 Å². The van der Waals surface area contributed by atoms with E-state index in [-0.39, 0.29) is 11.9 Å². The van der Waals surface area contributed by atoms with E-state index in [0.717, 1.165) is 32.4 Å². The molecule has 6 heteroatoms. The molecule has 1 aromatic heterocycles. The van der Waals surface area contributed by atoms with Gasteiger partial charge in [0.2, 0.25) is 0 Å². The summed E-state index contributed by atoms with van der Waals surface area (Å²) in [7, 11) is 0. The van der Waals surface area contributed by atoms with Gasteiger partial charge in [-0.2, -0.15) is 0 Å². The summed E-state index contributed by atoms with van der Waals surface area (Å²) < 4.78 is 1.88. The summed E-state index contributed by atoms with van der Waals surface area (Å²) in [5.41, 5.74) is 0. The maximum atomic E-state index is 12.1. The fourth-order valence-corrected chi connectivity index (χ4v) is 4.50. The molecule has 0 saturated heterocycles. The Balaban J connectivity index is 1.94. The molecule has 100 valence electrons. The van der Waals surface area contributed by atoms with Crippen LogP contribution in [0.25, 0.3) is 0 Å². The van der Waals surface area contributed by atoms with Crippen LogP contribution >= 0.6 is 54.8 Å². The number of nitrogens with one attached hydrogen (secondary N) is 1. The molecule has 1 N–H and O–H groups in total. The van der Waals surface area contributed by atoms with E-state index in [1.54, 1.807) is 0 Å². The minimum absolute atomic E-state index is 0.0200. The second-order valence-corrected chi connectivity index (χ2v) is 8.12. The first kappa shape index (κ1) is 14.8. The third kappa shape index (κ3) is 3.71. The Morgan fingerprint density at radius 1 is 1.50 bits per heavy atom. The van der Waals surface area contributed by atoms with E-state index in [4.69, 9.17) is 11.6 Å². The zero-order valence-corrected chi connectivity index (χ0v) is 14.5. The first-order valence-corrected chi connectivity index (χ1v) is 8.85. The van der Waals surface area contributed by atoms with Crippen molar-refractivity contribution in [3.63, 3.8) is 0 Å². The zero-order chi connectivity index (χ0) is 13.1. The minimum atomic E-state index is 0.0200. The number of hydrogen-bond donors (Lipinski definition) is 1. The third-order valence-electron chi connectivity index (χ3n) is 3.21. The Morgan fingerprint density at radius 2 is 2.28 bits per heavy atom. The molecule has 0 aliphatic heterocycles. The van der Waals surface area contributed by atoms with Gasteiger partial charge >= 0.3 is 0 Å². The van der Waals surface area contributed by atoms with E-state index in [1.165, 1.54) is 17.8 Å². The molecule has 2 atom stereocenters. The lowest BCUT2D eigenvalue weighted by atomic mass is 9.87. The van der Waals surface area contributed by atoms with Gasteiger partial charge in [-0.05, 0) is 63.1 Å². The molecule has 0 spiro atoms. The van der Waals surface area contributed by atoms with E-state index >= 15 is 0 Å². The average molecular weight is 416 g/mol. The van der Waals surface area contributed by atoms with Crippen molar-refractivity contribution in [2.75, 3.05) is 5.88 Å². The molecule has 1 saturated carbocycles. The molecule has 2 unspecified atom stereocenters. The summed E-state index contributed by atoms with van der Waals surface area (Å²) in [6.45, 7) is 0. The van der Waals surface area contributed by atoms with Crippen LogP contribution in [0.15, 0.2) is 14.3 Å². The highest BCUT2D eigenvalue weighted by Crippen LogP contribution is 2.32. The SMILES string of the molecule is O=C(NC1CCCC(CCl)C1)c1cc(Br)c(Br)s1. The molecule has 2 rings (SSSR count). The summed E-state index contributed by atoms with van der Waals surface area (Å²) >= 11 is 14.2. The van der Waals surface area contributed by atoms with Crippen molar-refractivity contribution in [2.24, 2.45) is 5.92 Å². The van der Waals surface area contributed by atoms with Crippen LogP contribution in [0.3, 0.4) is 0 Å². The van der Waals surface area contributed by atoms with Crippen molar-refractivity contribution in [3.8, 4) is 0 Å². The van der Waals surface area contributed by atoms with Crippen molar-refractivity contribution in [1.82, 2.24) is 5.32 Å². The van der Waals surface area contributed by atoms with Gasteiger partial charge in [0.15, 0.2) is 0 Å². The Hall–Kier alpha value is 0.420. The second-order valence-electron chi connectivity index (χ2n) is 4.59. The van der Waals surface area contributed by atoms with Crippen LogP contribution < -0.4 is 5.32 Å². The first-order chi connectivity index (χ1) is 8.60. The molecular weight excluding hydrogens is 401 g/mol. The molecule has 1 amide bonds. The van der Waals surface area contributed by atoms with Gasteiger partial charge in [0.25, 0.3) is 5.91 Å². The lowest BCUT2D eigenvalue weighted by Crippen LogP contribution is -2.38. The van der Waals surface area contributed by atoms with Crippen LogP contribution in [0.1, 0.15) is 35.4 Å². The number of carbonyl (C=O) groups excluding carboxylic acids is 1. The highest BCUT2D eigenvalue weighted by Gasteiger charge is 2.23. The van der Waals surface area contributed by atoms with Crippen LogP contribution in [-0.2, 0) is 0 Å². The smallest absolute Gasteiger partial charge is 0.261 e. The van der Waals surface area contributed by atoms with Crippen molar-refractivity contribution < 1.29 is 4.79 Å². The second kappa shape index (κ2) is 6.73. The molecule has 1 aliphatic rings. The zero-order valence-electron chi connectivity index (χ0n) is 9.72. The average Bonchev–Trinajstić information content (AvgIpc) is 2.70. The molecule has 1 heterocycles. The Morgan fingerprint density at radius 3 is 2.89 bits per heavy atom. The van der Waals surface area contributed by atoms with Crippen LogP contribution in [0, 0.1) is 5.92 Å². The molecular formula is C12H14Br2ClNOS. The van der Waals surface area contributed by atoms with Gasteiger partial charge in [-0.25, -0.2) is 0 Å². The van der Waals surface area contributed by atoms with Crippen molar-refractivity contribution in [1.29, 1.82) is 0 Å². The number of amides is 1. The number of hydrogen-bond acceptors (Lipinski definition) is 2. The van der Waals surface area contributed by atoms with Crippen molar-refractivity contribution in [2.45, 2.75) is 31.7 Å². The molecule has 18 heavy (non-hydrogen) atoms. The largest absolute Gasteiger partial charge is 0.349 e. The predicted octanol–water partition coefficient (Wildman–Crippen LogP) is 4.80. The first-order valence-electron chi connectivity index (χ1n) is 5.91. The Labute approximate surface area is 133 Å². The minimum Gasteiger partial charge on any atom is -0.349 e. The standard InChI is InChI=1S/C12H14Br2ClNOS/c13-9-5-10(18-11(9)14)12(17)16-8-3-1-2-7(4-8)6-15/h5,7-8H,1-4,6H2,(H,16,17). The maximum Gasteiger partial charge on any atom is 0.261 e. The lowest BCUT2D eigenvalue weighted by Gasteiger charge is -2.28. The molecule has 0 bridgehead atoms. The van der Waals surface area contributed by atoms with Crippen LogP contribution in [0.2, 0.25) is 0 Å². The molecule has 0 aromatic carbocycles. The summed E-state index contributed by atoms with van der Waals surface area (Å²) in [4.78, 5) is 12.8. The van der Waals surface area contributed by atoms with Gasteiger partial charge < -0.3 is 5.32 Å². The summed E-state index contributed by atoms with van der Waals surface area (Å²) in [5, 5.41) is 3.11. The van der Waals surface area contributed by atoms with Gasteiger partial charge in [-0.3, -0.25) is 4.79 Å². The van der Waals surface area contributed by atoms with E-state index in [9.17, 15) is 4.79 Å². The van der Waals surface area contributed by atoms with Crippen LogP contribution in [0.4, 0.5) is 0 Å². The van der Waals surface area contributed by atoms with Gasteiger partial charge in [0, 0.05) is 16.4 Å². The number of halogens is 3.